The van der Waals surface area contributed by atoms with Crippen molar-refractivity contribution in [2.45, 2.75) is 63.8 Å². The van der Waals surface area contributed by atoms with E-state index in [0.717, 1.165) is 38.9 Å². The lowest BCUT2D eigenvalue weighted by molar-refractivity contribution is 0.0838. The molecule has 3 N–H and O–H groups in total. The maximum Gasteiger partial charge on any atom is 0.270 e. The van der Waals surface area contributed by atoms with Gasteiger partial charge in [0.15, 0.2) is 0 Å². The van der Waals surface area contributed by atoms with Crippen LogP contribution in [-0.2, 0) is 13.0 Å². The highest BCUT2D eigenvalue weighted by atomic mass is 16.3. The number of aromatic nitrogens is 2. The Morgan fingerprint density at radius 1 is 1.21 bits per heavy atom. The molecule has 1 aliphatic carbocycles. The van der Waals surface area contributed by atoms with E-state index in [1.54, 1.807) is 6.07 Å². The Labute approximate surface area is 202 Å². The van der Waals surface area contributed by atoms with Gasteiger partial charge in [0.05, 0.1) is 6.10 Å². The molecule has 2 aliphatic rings. The van der Waals surface area contributed by atoms with Crippen LogP contribution in [0.25, 0.3) is 0 Å². The van der Waals surface area contributed by atoms with E-state index < -0.39 is 6.10 Å². The van der Waals surface area contributed by atoms with Crippen molar-refractivity contribution in [1.82, 2.24) is 25.1 Å². The molecule has 8 nitrogen and oxygen atoms in total. The first-order valence-electron chi connectivity index (χ1n) is 12.6. The Kier molecular flexibility index (Phi) is 8.48. The van der Waals surface area contributed by atoms with Gasteiger partial charge in [0, 0.05) is 44.3 Å². The lowest BCUT2D eigenvalue weighted by Crippen LogP contribution is -2.42. The van der Waals surface area contributed by atoms with Crippen LogP contribution in [0.2, 0.25) is 0 Å². The summed E-state index contributed by atoms with van der Waals surface area (Å²) < 4.78 is 0. The number of nitrogens with zero attached hydrogens (tertiary/aromatic N) is 4. The second-order valence-electron chi connectivity index (χ2n) is 9.63. The highest BCUT2D eigenvalue weighted by Crippen LogP contribution is 2.24. The number of anilines is 1. The molecule has 0 spiro atoms. The van der Waals surface area contributed by atoms with Crippen molar-refractivity contribution in [3.8, 4) is 0 Å². The topological polar surface area (TPSA) is 93.6 Å². The van der Waals surface area contributed by atoms with Gasteiger partial charge in [-0.3, -0.25) is 9.69 Å². The van der Waals surface area contributed by atoms with E-state index in [1.807, 2.05) is 0 Å². The maximum atomic E-state index is 12.6. The van der Waals surface area contributed by atoms with Gasteiger partial charge in [-0.15, -0.1) is 0 Å². The van der Waals surface area contributed by atoms with Gasteiger partial charge in [0.2, 0.25) is 0 Å². The average Bonchev–Trinajstić information content (AvgIpc) is 2.87. The van der Waals surface area contributed by atoms with Crippen molar-refractivity contribution >= 4 is 11.7 Å². The number of carbonyl (C=O) groups excluding carboxylic acids is 1. The quantitative estimate of drug-likeness (QED) is 0.522. The van der Waals surface area contributed by atoms with Crippen LogP contribution >= 0.6 is 0 Å². The smallest absolute Gasteiger partial charge is 0.270 e. The summed E-state index contributed by atoms with van der Waals surface area (Å²) in [5, 5.41) is 16.8. The van der Waals surface area contributed by atoms with Crippen LogP contribution < -0.4 is 10.6 Å². The van der Waals surface area contributed by atoms with Crippen LogP contribution in [0.4, 0.5) is 5.82 Å². The third-order valence-electron chi connectivity index (χ3n) is 7.25. The van der Waals surface area contributed by atoms with E-state index in [9.17, 15) is 9.90 Å². The molecular weight excluding hydrogens is 428 g/mol. The van der Waals surface area contributed by atoms with E-state index in [-0.39, 0.29) is 12.5 Å². The van der Waals surface area contributed by atoms with Crippen LogP contribution in [0.1, 0.15) is 54.2 Å². The molecule has 1 atom stereocenters. The molecule has 1 saturated carbocycles. The molecule has 2 aromatic rings. The molecule has 0 bridgehead atoms. The molecular formula is C26H38N6O2. The lowest BCUT2D eigenvalue weighted by Gasteiger charge is -2.34. The minimum atomic E-state index is -0.634. The summed E-state index contributed by atoms with van der Waals surface area (Å²) in [5.41, 5.74) is 3.02. The molecule has 1 aliphatic heterocycles. The van der Waals surface area contributed by atoms with Crippen molar-refractivity contribution in [3.05, 3.63) is 53.5 Å². The summed E-state index contributed by atoms with van der Waals surface area (Å²) in [5.74, 6) is 0.391. The zero-order valence-corrected chi connectivity index (χ0v) is 20.4. The fourth-order valence-corrected chi connectivity index (χ4v) is 5.06. The number of hydrogen-bond acceptors (Lipinski definition) is 7. The van der Waals surface area contributed by atoms with Gasteiger partial charge < -0.3 is 20.6 Å². The van der Waals surface area contributed by atoms with Crippen LogP contribution in [0.5, 0.6) is 0 Å². The Bertz CT molecular complexity index is 946. The molecule has 0 unspecified atom stereocenters. The summed E-state index contributed by atoms with van der Waals surface area (Å²) in [7, 11) is 2.19. The van der Waals surface area contributed by atoms with Crippen molar-refractivity contribution in [1.29, 1.82) is 0 Å². The second kappa shape index (κ2) is 11.7. The van der Waals surface area contributed by atoms with E-state index in [0.29, 0.717) is 30.1 Å². The number of aliphatic hydroxyl groups is 1. The van der Waals surface area contributed by atoms with Gasteiger partial charge in [0.1, 0.15) is 17.8 Å². The van der Waals surface area contributed by atoms with Crippen molar-refractivity contribution in [2.24, 2.45) is 0 Å². The van der Waals surface area contributed by atoms with Crippen LogP contribution in [0.3, 0.4) is 0 Å². The fourth-order valence-electron chi connectivity index (χ4n) is 5.06. The largest absolute Gasteiger partial charge is 0.390 e. The number of aliphatic hydroxyl groups excluding tert-OH is 1. The molecule has 1 aromatic carbocycles. The van der Waals surface area contributed by atoms with Crippen LogP contribution in [-0.4, -0.2) is 82.2 Å². The molecule has 184 valence electrons. The maximum absolute atomic E-state index is 12.6. The molecule has 8 heteroatoms. The predicted molar refractivity (Wildman–Crippen MR) is 134 cm³/mol. The molecule has 1 amide bonds. The Morgan fingerprint density at radius 2 is 1.97 bits per heavy atom. The second-order valence-corrected chi connectivity index (χ2v) is 9.63. The van der Waals surface area contributed by atoms with Crippen LogP contribution in [0.15, 0.2) is 36.7 Å². The van der Waals surface area contributed by atoms with E-state index in [2.05, 4.69) is 68.6 Å². The number of benzene rings is 1. The average molecular weight is 467 g/mol. The Morgan fingerprint density at radius 3 is 2.74 bits per heavy atom. The van der Waals surface area contributed by atoms with E-state index in [1.165, 1.54) is 30.3 Å². The van der Waals surface area contributed by atoms with Crippen LogP contribution in [0, 0.1) is 0 Å². The predicted octanol–water partition coefficient (Wildman–Crippen LogP) is 2.30. The summed E-state index contributed by atoms with van der Waals surface area (Å²) in [6.45, 7) is 5.75. The molecule has 0 radical (unpaired) electrons. The summed E-state index contributed by atoms with van der Waals surface area (Å²) >= 11 is 0. The Hall–Kier alpha value is -2.55. The summed E-state index contributed by atoms with van der Waals surface area (Å²) in [6.07, 6.45) is 6.30. The summed E-state index contributed by atoms with van der Waals surface area (Å²) in [4.78, 5) is 25.7. The molecule has 1 fully saturated rings. The molecule has 2 heterocycles. The number of fused-ring (bicyclic) bond motifs is 1. The first-order valence-corrected chi connectivity index (χ1v) is 12.6. The molecule has 34 heavy (non-hydrogen) atoms. The van der Waals surface area contributed by atoms with Gasteiger partial charge in [-0.1, -0.05) is 31.2 Å². The third-order valence-corrected chi connectivity index (χ3v) is 7.25. The number of β-amino-alcohol motifs (C(OH)–C–C–N with tert-alkyl or cyclic N) is 1. The molecule has 4 rings (SSSR count). The molecule has 1 aromatic heterocycles. The highest BCUT2D eigenvalue weighted by molar-refractivity contribution is 5.92. The van der Waals surface area contributed by atoms with Crippen molar-refractivity contribution < 1.29 is 9.90 Å². The Balaban J connectivity index is 1.22. The van der Waals surface area contributed by atoms with Gasteiger partial charge >= 0.3 is 0 Å². The SMILES string of the molecule is CCN(C)C1CCC(Nc2cc(C(=O)NC[C@H](O)CN3CCc4ccccc4C3)ncn2)CC1. The number of carbonyl (C=O) groups is 1. The first-order chi connectivity index (χ1) is 16.5. The van der Waals surface area contributed by atoms with Gasteiger partial charge in [-0.05, 0) is 56.8 Å². The monoisotopic (exact) mass is 466 g/mol. The van der Waals surface area contributed by atoms with Gasteiger partial charge in [-0.25, -0.2) is 9.97 Å². The number of rotatable bonds is 9. The number of nitrogens with one attached hydrogen (secondary N) is 2. The number of amides is 1. The molecule has 0 saturated heterocycles. The van der Waals surface area contributed by atoms with Gasteiger partial charge in [0.25, 0.3) is 5.91 Å². The lowest BCUT2D eigenvalue weighted by atomic mass is 9.90. The van der Waals surface area contributed by atoms with Gasteiger partial charge in [-0.2, -0.15) is 0 Å². The van der Waals surface area contributed by atoms with Crippen molar-refractivity contribution in [3.63, 3.8) is 0 Å². The first kappa shape index (κ1) is 24.6. The van der Waals surface area contributed by atoms with Crippen molar-refractivity contribution in [2.75, 3.05) is 38.5 Å². The fraction of sp³-hybridized carbons (Fsp3) is 0.577. The standard InChI is InChI=1S/C26H38N6O2/c1-3-31(2)22-10-8-21(9-11-22)30-25-14-24(28-18-29-25)26(34)27-15-23(33)17-32-13-12-19-6-4-5-7-20(19)16-32/h4-7,14,18,21-23,33H,3,8-13,15-17H2,1-2H3,(H,27,34)(H,28,29,30)/t21?,22?,23-/m0/s1. The van der Waals surface area contributed by atoms with E-state index in [4.69, 9.17) is 0 Å². The minimum Gasteiger partial charge on any atom is -0.390 e. The third kappa shape index (κ3) is 6.52. The zero-order chi connectivity index (χ0) is 23.9. The zero-order valence-electron chi connectivity index (χ0n) is 20.4. The summed E-state index contributed by atoms with van der Waals surface area (Å²) in [6, 6.07) is 11.2. The van der Waals surface area contributed by atoms with E-state index >= 15 is 0 Å². The number of hydrogen-bond donors (Lipinski definition) is 3. The minimum absolute atomic E-state index is 0.193. The normalized spacial score (nSPS) is 21.6. The highest BCUT2D eigenvalue weighted by Gasteiger charge is 2.24.